The molecular weight excluding hydrogens is 262 g/mol. The van der Waals surface area contributed by atoms with E-state index in [0.717, 1.165) is 16.2 Å². The Morgan fingerprint density at radius 1 is 1.42 bits per heavy atom. The van der Waals surface area contributed by atoms with E-state index in [-0.39, 0.29) is 11.7 Å². The molecule has 2 heterocycles. The molecule has 0 spiro atoms. The van der Waals surface area contributed by atoms with Gasteiger partial charge in [-0.3, -0.25) is 9.59 Å². The Bertz CT molecular complexity index is 722. The van der Waals surface area contributed by atoms with Crippen molar-refractivity contribution in [3.8, 4) is 0 Å². The summed E-state index contributed by atoms with van der Waals surface area (Å²) in [5.74, 6) is -0.430. The molecule has 2 N–H and O–H groups in total. The number of nitrogens with zero attached hydrogens (tertiary/aromatic N) is 1. The smallest absolute Gasteiger partial charge is 0.242 e. The number of fused-ring (bicyclic) bond motifs is 2. The number of carbonyl (C=O) groups excluding carboxylic acids is 2. The summed E-state index contributed by atoms with van der Waals surface area (Å²) in [6.07, 6.45) is 1.94. The molecule has 2 aromatic rings. The Labute approximate surface area is 114 Å². The molecule has 6 heteroatoms. The van der Waals surface area contributed by atoms with Crippen LogP contribution in [0.5, 0.6) is 0 Å². The van der Waals surface area contributed by atoms with Gasteiger partial charge >= 0.3 is 0 Å². The number of ketones is 1. The summed E-state index contributed by atoms with van der Waals surface area (Å²) in [4.78, 5) is 31.5. The zero-order chi connectivity index (χ0) is 13.8. The second-order valence-electron chi connectivity index (χ2n) is 4.80. The van der Waals surface area contributed by atoms with Crippen LogP contribution in [0.15, 0.2) is 17.3 Å². The van der Waals surface area contributed by atoms with Crippen LogP contribution in [-0.4, -0.2) is 27.9 Å². The van der Waals surface area contributed by atoms with Gasteiger partial charge in [0.1, 0.15) is 11.2 Å². The maximum Gasteiger partial charge on any atom is 0.242 e. The highest BCUT2D eigenvalue weighted by atomic mass is 32.2. The van der Waals surface area contributed by atoms with Gasteiger partial charge in [-0.05, 0) is 32.2 Å². The standard InChI is InChI=1S/C13H13N3O2S/c1-6(17)13(2)7-4-9-10(16-12(15-9)19-3)5-8(7)14-11(13)18/h4-5H,1-3H3,(H,14,18)(H,15,16). The number of aromatic amines is 1. The molecule has 0 radical (unpaired) electrons. The maximum atomic E-state index is 12.1. The number of hydrogen-bond donors (Lipinski definition) is 2. The third-order valence-corrected chi connectivity index (χ3v) is 4.32. The van der Waals surface area contributed by atoms with Crippen LogP contribution in [0.4, 0.5) is 5.69 Å². The van der Waals surface area contributed by atoms with E-state index >= 15 is 0 Å². The molecule has 19 heavy (non-hydrogen) atoms. The van der Waals surface area contributed by atoms with E-state index in [2.05, 4.69) is 15.3 Å². The highest BCUT2D eigenvalue weighted by Gasteiger charge is 2.47. The fraction of sp³-hybridized carbons (Fsp3) is 0.308. The van der Waals surface area contributed by atoms with Crippen molar-refractivity contribution >= 4 is 40.2 Å². The van der Waals surface area contributed by atoms with Crippen LogP contribution in [0.3, 0.4) is 0 Å². The summed E-state index contributed by atoms with van der Waals surface area (Å²) in [5, 5.41) is 3.58. The van der Waals surface area contributed by atoms with Crippen molar-refractivity contribution in [1.82, 2.24) is 9.97 Å². The Morgan fingerprint density at radius 3 is 2.79 bits per heavy atom. The molecule has 0 aliphatic carbocycles. The van der Waals surface area contributed by atoms with Crippen LogP contribution >= 0.6 is 11.8 Å². The van der Waals surface area contributed by atoms with Crippen molar-refractivity contribution < 1.29 is 9.59 Å². The average molecular weight is 275 g/mol. The third kappa shape index (κ3) is 1.53. The predicted octanol–water partition coefficient (Wildman–Crippen LogP) is 2.08. The average Bonchev–Trinajstić information content (AvgIpc) is 2.87. The van der Waals surface area contributed by atoms with Crippen molar-refractivity contribution in [3.63, 3.8) is 0 Å². The predicted molar refractivity (Wildman–Crippen MR) is 74.5 cm³/mol. The molecule has 98 valence electrons. The third-order valence-electron chi connectivity index (χ3n) is 3.74. The lowest BCUT2D eigenvalue weighted by molar-refractivity contribution is -0.130. The van der Waals surface area contributed by atoms with E-state index in [1.54, 1.807) is 6.92 Å². The fourth-order valence-electron chi connectivity index (χ4n) is 2.37. The molecule has 0 bridgehead atoms. The van der Waals surface area contributed by atoms with Crippen LogP contribution in [0.1, 0.15) is 19.4 Å². The molecule has 1 aliphatic rings. The van der Waals surface area contributed by atoms with E-state index in [9.17, 15) is 9.59 Å². The first kappa shape index (κ1) is 12.2. The Hall–Kier alpha value is -1.82. The van der Waals surface area contributed by atoms with Crippen molar-refractivity contribution in [2.45, 2.75) is 24.4 Å². The maximum absolute atomic E-state index is 12.1. The Kier molecular flexibility index (Phi) is 2.47. The first-order valence-corrected chi connectivity index (χ1v) is 7.10. The molecule has 0 saturated heterocycles. The lowest BCUT2D eigenvalue weighted by atomic mass is 9.80. The second-order valence-corrected chi connectivity index (χ2v) is 5.59. The van der Waals surface area contributed by atoms with Gasteiger partial charge in [0.25, 0.3) is 0 Å². The quantitative estimate of drug-likeness (QED) is 0.650. The van der Waals surface area contributed by atoms with Crippen molar-refractivity contribution in [2.24, 2.45) is 0 Å². The first-order valence-electron chi connectivity index (χ1n) is 5.87. The van der Waals surface area contributed by atoms with Crippen molar-refractivity contribution in [1.29, 1.82) is 0 Å². The summed E-state index contributed by atoms with van der Waals surface area (Å²) in [7, 11) is 0. The molecule has 0 fully saturated rings. The molecule has 1 amide bonds. The van der Waals surface area contributed by atoms with Gasteiger partial charge in [-0.15, -0.1) is 0 Å². The molecule has 1 atom stereocenters. The number of hydrogen-bond acceptors (Lipinski definition) is 4. The normalized spacial score (nSPS) is 21.5. The molecule has 0 saturated carbocycles. The van der Waals surface area contributed by atoms with Crippen LogP contribution in [0.25, 0.3) is 11.0 Å². The minimum Gasteiger partial charge on any atom is -0.333 e. The number of imidazole rings is 1. The van der Waals surface area contributed by atoms with Gasteiger partial charge in [0.2, 0.25) is 5.91 Å². The monoisotopic (exact) mass is 275 g/mol. The van der Waals surface area contributed by atoms with E-state index in [1.807, 2.05) is 18.4 Å². The summed E-state index contributed by atoms with van der Waals surface area (Å²) >= 11 is 1.52. The molecule has 1 aromatic carbocycles. The van der Waals surface area contributed by atoms with Gasteiger partial charge in [0.15, 0.2) is 5.16 Å². The number of nitrogens with one attached hydrogen (secondary N) is 2. The van der Waals surface area contributed by atoms with E-state index < -0.39 is 5.41 Å². The summed E-state index contributed by atoms with van der Waals surface area (Å²) in [6, 6.07) is 3.66. The van der Waals surface area contributed by atoms with Crippen molar-refractivity contribution in [3.05, 3.63) is 17.7 Å². The van der Waals surface area contributed by atoms with Crippen molar-refractivity contribution in [2.75, 3.05) is 11.6 Å². The van der Waals surface area contributed by atoms with Crippen LogP contribution in [0.2, 0.25) is 0 Å². The van der Waals surface area contributed by atoms with Gasteiger partial charge in [-0.1, -0.05) is 11.8 Å². The van der Waals surface area contributed by atoms with Crippen LogP contribution < -0.4 is 5.32 Å². The number of benzene rings is 1. The lowest BCUT2D eigenvalue weighted by Gasteiger charge is -2.17. The number of H-pyrrole nitrogens is 1. The van der Waals surface area contributed by atoms with E-state index in [1.165, 1.54) is 18.7 Å². The van der Waals surface area contributed by atoms with Gasteiger partial charge in [0.05, 0.1) is 11.0 Å². The summed E-state index contributed by atoms with van der Waals surface area (Å²) in [5.41, 5.74) is 1.92. The molecule has 5 nitrogen and oxygen atoms in total. The van der Waals surface area contributed by atoms with Crippen LogP contribution in [-0.2, 0) is 15.0 Å². The Morgan fingerprint density at radius 2 is 2.16 bits per heavy atom. The van der Waals surface area contributed by atoms with Gasteiger partial charge in [-0.2, -0.15) is 0 Å². The molecule has 1 aliphatic heterocycles. The summed E-state index contributed by atoms with van der Waals surface area (Å²) < 4.78 is 0. The number of anilines is 1. The molecular formula is C13H13N3O2S. The van der Waals surface area contributed by atoms with E-state index in [0.29, 0.717) is 11.3 Å². The topological polar surface area (TPSA) is 74.8 Å². The molecule has 1 aromatic heterocycles. The highest BCUT2D eigenvalue weighted by molar-refractivity contribution is 7.98. The number of Topliss-reactive ketones (excluding diaryl/α,β-unsaturated/α-hetero) is 1. The van der Waals surface area contributed by atoms with Crippen LogP contribution in [0, 0.1) is 0 Å². The molecule has 3 rings (SSSR count). The number of amides is 1. The zero-order valence-electron chi connectivity index (χ0n) is 10.8. The van der Waals surface area contributed by atoms with Gasteiger partial charge < -0.3 is 10.3 Å². The molecule has 1 unspecified atom stereocenters. The lowest BCUT2D eigenvalue weighted by Crippen LogP contribution is -2.37. The minimum absolute atomic E-state index is 0.160. The number of carbonyl (C=O) groups is 2. The summed E-state index contributed by atoms with van der Waals surface area (Å²) in [6.45, 7) is 3.10. The van der Waals surface area contributed by atoms with Gasteiger partial charge in [0, 0.05) is 11.3 Å². The SMILES string of the molecule is CSc1nc2cc3c(cc2[nH]1)C(C)(C(C)=O)C(=O)N3. The minimum atomic E-state index is -1.10. The highest BCUT2D eigenvalue weighted by Crippen LogP contribution is 2.40. The van der Waals surface area contributed by atoms with E-state index in [4.69, 9.17) is 0 Å². The largest absolute Gasteiger partial charge is 0.333 e. The van der Waals surface area contributed by atoms with Gasteiger partial charge in [-0.25, -0.2) is 4.98 Å². The number of thioether (sulfide) groups is 1. The fourth-order valence-corrected chi connectivity index (χ4v) is 2.77. The zero-order valence-corrected chi connectivity index (χ0v) is 11.6. The first-order chi connectivity index (χ1) is 8.96. The number of rotatable bonds is 2. The Balaban J connectivity index is 2.27. The second kappa shape index (κ2) is 3.84. The number of aromatic nitrogens is 2.